The number of rotatable bonds is 7. The second-order valence-electron chi connectivity index (χ2n) is 2.41. The Morgan fingerprint density at radius 1 is 1.20 bits per heavy atom. The summed E-state index contributed by atoms with van der Waals surface area (Å²) in [5, 5.41) is 0. The third kappa shape index (κ3) is 7.84. The van der Waals surface area contributed by atoms with E-state index in [4.69, 9.17) is 25.4 Å². The molecule has 0 aliphatic carbocycles. The maximum Gasteiger partial charge on any atom is 0.356 e. The lowest BCUT2D eigenvalue weighted by Crippen LogP contribution is -2.03. The van der Waals surface area contributed by atoms with Gasteiger partial charge in [-0.2, -0.15) is 0 Å². The Hall–Kier alpha value is -0.0400. The van der Waals surface area contributed by atoms with Crippen LogP contribution >= 0.6 is 19.2 Å². The van der Waals surface area contributed by atoms with Crippen LogP contribution in [0.5, 0.6) is 0 Å². The van der Waals surface area contributed by atoms with Crippen LogP contribution in [0.4, 0.5) is 0 Å². The van der Waals surface area contributed by atoms with Gasteiger partial charge in [0, 0.05) is 0 Å². The van der Waals surface area contributed by atoms with Gasteiger partial charge in [-0.1, -0.05) is 11.8 Å². The average molecular weight is 255 g/mol. The summed E-state index contributed by atoms with van der Waals surface area (Å²) in [5.74, 6) is 5.53. The summed E-state index contributed by atoms with van der Waals surface area (Å²) in [4.78, 5) is 0. The van der Waals surface area contributed by atoms with Crippen molar-refractivity contribution in [3.05, 3.63) is 0 Å². The highest BCUT2D eigenvalue weighted by atomic mass is 35.5. The molecule has 15 heavy (non-hydrogen) atoms. The molecule has 0 unspecified atom stereocenters. The summed E-state index contributed by atoms with van der Waals surface area (Å²) in [6.07, 6.45) is -0.0777. The van der Waals surface area contributed by atoms with Crippen molar-refractivity contribution in [1.29, 1.82) is 0 Å². The molecule has 0 spiro atoms. The first-order valence-electron chi connectivity index (χ1n) is 4.66. The molecule has 0 aromatic rings. The molecule has 0 aromatic carbocycles. The average Bonchev–Trinajstić information content (AvgIpc) is 2.18. The number of hydrogen-bond acceptors (Lipinski definition) is 4. The summed E-state index contributed by atoms with van der Waals surface area (Å²) in [6.45, 7) is 4.33. The van der Waals surface area contributed by atoms with Crippen LogP contribution in [-0.2, 0) is 18.3 Å². The summed E-state index contributed by atoms with van der Waals surface area (Å²) >= 11 is 5.34. The first-order chi connectivity index (χ1) is 7.18. The predicted octanol–water partition coefficient (Wildman–Crippen LogP) is 2.47. The van der Waals surface area contributed by atoms with E-state index in [2.05, 4.69) is 11.8 Å². The molecule has 0 N–H and O–H groups in total. The molecule has 0 saturated carbocycles. The Labute approximate surface area is 95.8 Å². The summed E-state index contributed by atoms with van der Waals surface area (Å²) in [7, 11) is -3.09. The van der Waals surface area contributed by atoms with Crippen molar-refractivity contribution in [1.82, 2.24) is 0 Å². The molecule has 0 saturated heterocycles. The first-order valence-corrected chi connectivity index (χ1v) is 6.92. The Balaban J connectivity index is 3.90. The Bertz CT molecular complexity index is 249. The lowest BCUT2D eigenvalue weighted by atomic mass is 10.6. The van der Waals surface area contributed by atoms with Crippen LogP contribution < -0.4 is 0 Å². The van der Waals surface area contributed by atoms with Crippen molar-refractivity contribution in [2.24, 2.45) is 0 Å². The second kappa shape index (κ2) is 9.21. The van der Waals surface area contributed by atoms with E-state index in [0.29, 0.717) is 13.2 Å². The van der Waals surface area contributed by atoms with Crippen molar-refractivity contribution < 1.29 is 18.3 Å². The number of hydrogen-bond donors (Lipinski definition) is 0. The van der Waals surface area contributed by atoms with Gasteiger partial charge >= 0.3 is 7.60 Å². The maximum absolute atomic E-state index is 11.8. The predicted molar refractivity (Wildman–Crippen MR) is 60.2 cm³/mol. The van der Waals surface area contributed by atoms with Crippen molar-refractivity contribution in [2.75, 3.05) is 32.0 Å². The highest BCUT2D eigenvalue weighted by molar-refractivity contribution is 7.53. The topological polar surface area (TPSA) is 44.8 Å². The molecular weight excluding hydrogens is 239 g/mol. The molecule has 0 heterocycles. The van der Waals surface area contributed by atoms with E-state index in [-0.39, 0.29) is 18.8 Å². The zero-order valence-corrected chi connectivity index (χ0v) is 10.6. The third-order valence-electron chi connectivity index (χ3n) is 1.27. The molecule has 0 bridgehead atoms. The fourth-order valence-electron chi connectivity index (χ4n) is 0.812. The standard InChI is InChI=1S/C9H16ClO4P/c1-3-13-15(11,14-4-2)9-12-8-6-5-7-10/h3-4,7-9H2,1-2H3. The molecule has 0 rings (SSSR count). The van der Waals surface area contributed by atoms with Crippen molar-refractivity contribution in [2.45, 2.75) is 13.8 Å². The number of alkyl halides is 1. The zero-order valence-electron chi connectivity index (χ0n) is 8.99. The van der Waals surface area contributed by atoms with E-state index in [1.807, 2.05) is 0 Å². The minimum Gasteiger partial charge on any atom is -0.356 e. The van der Waals surface area contributed by atoms with Crippen LogP contribution in [0.2, 0.25) is 0 Å². The van der Waals surface area contributed by atoms with Gasteiger partial charge in [0.1, 0.15) is 13.0 Å². The fraction of sp³-hybridized carbons (Fsp3) is 0.778. The van der Waals surface area contributed by atoms with Gasteiger partial charge in [-0.05, 0) is 13.8 Å². The van der Waals surface area contributed by atoms with Gasteiger partial charge in [-0.3, -0.25) is 4.57 Å². The van der Waals surface area contributed by atoms with Crippen molar-refractivity contribution >= 4 is 19.2 Å². The van der Waals surface area contributed by atoms with Crippen LogP contribution in [0.1, 0.15) is 13.8 Å². The van der Waals surface area contributed by atoms with E-state index in [1.165, 1.54) is 0 Å². The molecule has 0 fully saturated rings. The monoisotopic (exact) mass is 254 g/mol. The van der Waals surface area contributed by atoms with Gasteiger partial charge in [0.15, 0.2) is 0 Å². The fourth-order valence-corrected chi connectivity index (χ4v) is 2.23. The molecule has 0 aliphatic heterocycles. The van der Waals surface area contributed by atoms with Gasteiger partial charge in [0.05, 0.1) is 19.1 Å². The van der Waals surface area contributed by atoms with E-state index in [0.717, 1.165) is 0 Å². The minimum absolute atomic E-state index is 0.0777. The highest BCUT2D eigenvalue weighted by Crippen LogP contribution is 2.47. The lowest BCUT2D eigenvalue weighted by Gasteiger charge is -2.15. The molecule has 0 aromatic heterocycles. The molecule has 0 radical (unpaired) electrons. The van der Waals surface area contributed by atoms with Gasteiger partial charge in [0.25, 0.3) is 0 Å². The smallest absolute Gasteiger partial charge is 0.356 e. The second-order valence-corrected chi connectivity index (χ2v) is 4.67. The normalized spacial score (nSPS) is 10.9. The largest absolute Gasteiger partial charge is 0.356 e. The Morgan fingerprint density at radius 2 is 1.80 bits per heavy atom. The maximum atomic E-state index is 11.8. The molecule has 0 aliphatic rings. The van der Waals surface area contributed by atoms with Crippen LogP contribution in [0, 0.1) is 11.8 Å². The zero-order chi connectivity index (χ0) is 11.6. The summed E-state index contributed by atoms with van der Waals surface area (Å²) < 4.78 is 26.9. The van der Waals surface area contributed by atoms with Crippen molar-refractivity contribution in [3.63, 3.8) is 0 Å². The first kappa shape index (κ1) is 15.0. The molecule has 0 atom stereocenters. The Kier molecular flexibility index (Phi) is 9.18. The van der Waals surface area contributed by atoms with Gasteiger partial charge in [0.2, 0.25) is 0 Å². The quantitative estimate of drug-likeness (QED) is 0.303. The third-order valence-corrected chi connectivity index (χ3v) is 3.20. The summed E-state index contributed by atoms with van der Waals surface area (Å²) in [6, 6.07) is 0. The molecular formula is C9H16ClO4P. The molecule has 4 nitrogen and oxygen atoms in total. The van der Waals surface area contributed by atoms with E-state index in [1.54, 1.807) is 13.8 Å². The molecule has 88 valence electrons. The van der Waals surface area contributed by atoms with E-state index >= 15 is 0 Å². The highest BCUT2D eigenvalue weighted by Gasteiger charge is 2.23. The van der Waals surface area contributed by atoms with Crippen molar-refractivity contribution in [3.8, 4) is 11.8 Å². The van der Waals surface area contributed by atoms with Crippen LogP contribution in [0.3, 0.4) is 0 Å². The number of halogens is 1. The molecule has 0 amide bonds. The number of ether oxygens (including phenoxy) is 1. The molecule has 6 heteroatoms. The van der Waals surface area contributed by atoms with Crippen LogP contribution in [-0.4, -0.2) is 32.0 Å². The minimum atomic E-state index is -3.09. The van der Waals surface area contributed by atoms with Crippen LogP contribution in [0.15, 0.2) is 0 Å². The van der Waals surface area contributed by atoms with E-state index in [9.17, 15) is 4.57 Å². The van der Waals surface area contributed by atoms with Crippen LogP contribution in [0.25, 0.3) is 0 Å². The summed E-state index contributed by atoms with van der Waals surface area (Å²) in [5.41, 5.74) is 0. The van der Waals surface area contributed by atoms with Gasteiger partial charge in [-0.15, -0.1) is 11.6 Å². The SMILES string of the molecule is CCOP(=O)(COCC#CCCl)OCC. The lowest BCUT2D eigenvalue weighted by molar-refractivity contribution is 0.152. The van der Waals surface area contributed by atoms with Gasteiger partial charge < -0.3 is 13.8 Å². The van der Waals surface area contributed by atoms with Gasteiger partial charge in [-0.25, -0.2) is 0 Å². The van der Waals surface area contributed by atoms with E-state index < -0.39 is 7.60 Å². The Morgan fingerprint density at radius 3 is 2.27 bits per heavy atom.